The quantitative estimate of drug-likeness (QED) is 0.901. The summed E-state index contributed by atoms with van der Waals surface area (Å²) in [4.78, 5) is 28.3. The van der Waals surface area contributed by atoms with Crippen molar-refractivity contribution in [2.24, 2.45) is 0 Å². The molecular weight excluding hydrogens is 342 g/mol. The van der Waals surface area contributed by atoms with E-state index in [4.69, 9.17) is 4.42 Å². The average molecular weight is 369 g/mol. The first kappa shape index (κ1) is 19.0. The molecule has 0 saturated carbocycles. The van der Waals surface area contributed by atoms with E-state index < -0.39 is 0 Å². The van der Waals surface area contributed by atoms with Crippen molar-refractivity contribution < 1.29 is 14.0 Å². The van der Waals surface area contributed by atoms with Crippen molar-refractivity contribution in [3.8, 4) is 0 Å². The van der Waals surface area contributed by atoms with Crippen molar-refractivity contribution in [1.29, 1.82) is 0 Å². The highest BCUT2D eigenvalue weighted by Gasteiger charge is 2.27. The largest absolute Gasteiger partial charge is 0.459 e. The number of amides is 3. The summed E-state index contributed by atoms with van der Waals surface area (Å²) in [5, 5.41) is 3.04. The third-order valence-electron chi connectivity index (χ3n) is 5.10. The van der Waals surface area contributed by atoms with Crippen LogP contribution in [0.5, 0.6) is 0 Å². The summed E-state index contributed by atoms with van der Waals surface area (Å²) >= 11 is 0. The van der Waals surface area contributed by atoms with Gasteiger partial charge >= 0.3 is 6.03 Å². The Morgan fingerprint density at radius 2 is 1.67 bits per heavy atom. The van der Waals surface area contributed by atoms with Crippen molar-refractivity contribution in [1.82, 2.24) is 15.1 Å². The second kappa shape index (κ2) is 7.86. The third kappa shape index (κ3) is 4.51. The molecule has 27 heavy (non-hydrogen) atoms. The van der Waals surface area contributed by atoms with E-state index in [2.05, 4.69) is 50.4 Å². The van der Waals surface area contributed by atoms with E-state index in [-0.39, 0.29) is 17.4 Å². The van der Waals surface area contributed by atoms with Crippen LogP contribution in [0.2, 0.25) is 0 Å². The number of carbonyl (C=O) groups excluding carboxylic acids is 2. The average Bonchev–Trinajstić information content (AvgIpc) is 3.21. The Morgan fingerprint density at radius 1 is 1.04 bits per heavy atom. The Hall–Kier alpha value is -2.76. The van der Waals surface area contributed by atoms with Gasteiger partial charge in [-0.2, -0.15) is 0 Å². The van der Waals surface area contributed by atoms with Gasteiger partial charge in [-0.25, -0.2) is 4.79 Å². The van der Waals surface area contributed by atoms with E-state index in [1.54, 1.807) is 21.9 Å². The summed E-state index contributed by atoms with van der Waals surface area (Å²) in [7, 11) is 0. The van der Waals surface area contributed by atoms with Gasteiger partial charge in [0.05, 0.1) is 6.26 Å². The highest BCUT2D eigenvalue weighted by molar-refractivity contribution is 5.91. The minimum absolute atomic E-state index is 0.0831. The number of aryl methyl sites for hydroxylation is 1. The number of nitrogens with one attached hydrogen (secondary N) is 1. The predicted molar refractivity (Wildman–Crippen MR) is 104 cm³/mol. The van der Waals surface area contributed by atoms with E-state index in [1.165, 1.54) is 17.4 Å². The molecule has 1 aliphatic heterocycles. The first-order valence-electron chi connectivity index (χ1n) is 9.29. The minimum Gasteiger partial charge on any atom is -0.459 e. The zero-order valence-corrected chi connectivity index (χ0v) is 16.2. The molecule has 0 radical (unpaired) electrons. The molecule has 1 aliphatic rings. The molecule has 0 unspecified atom stereocenters. The number of furan rings is 1. The molecule has 6 nitrogen and oxygen atoms in total. The Balaban J connectivity index is 1.49. The molecule has 0 atom stereocenters. The lowest BCUT2D eigenvalue weighted by Crippen LogP contribution is -2.54. The number of urea groups is 1. The summed E-state index contributed by atoms with van der Waals surface area (Å²) in [6, 6.07) is 11.7. The van der Waals surface area contributed by atoms with Crippen LogP contribution in [0.1, 0.15) is 35.5 Å². The van der Waals surface area contributed by atoms with Crippen molar-refractivity contribution >= 4 is 11.9 Å². The highest BCUT2D eigenvalue weighted by Crippen LogP contribution is 2.22. The van der Waals surface area contributed by atoms with Crippen LogP contribution in [0.3, 0.4) is 0 Å². The van der Waals surface area contributed by atoms with Crippen LogP contribution < -0.4 is 5.32 Å². The summed E-state index contributed by atoms with van der Waals surface area (Å²) in [5.74, 6) is 0.216. The molecule has 1 aromatic carbocycles. The van der Waals surface area contributed by atoms with Crippen molar-refractivity contribution in [2.75, 3.05) is 32.7 Å². The van der Waals surface area contributed by atoms with Crippen molar-refractivity contribution in [2.45, 2.75) is 26.2 Å². The molecule has 2 aromatic rings. The van der Waals surface area contributed by atoms with Crippen LogP contribution in [0.4, 0.5) is 4.79 Å². The molecule has 3 amide bonds. The van der Waals surface area contributed by atoms with Gasteiger partial charge in [-0.05, 0) is 24.6 Å². The number of nitrogens with zero attached hydrogens (tertiary/aromatic N) is 2. The fraction of sp³-hybridized carbons (Fsp3) is 0.429. The molecule has 3 rings (SSSR count). The molecule has 144 valence electrons. The maximum atomic E-state index is 12.5. The van der Waals surface area contributed by atoms with E-state index in [9.17, 15) is 9.59 Å². The fourth-order valence-corrected chi connectivity index (χ4v) is 3.18. The number of hydrogen-bond acceptors (Lipinski definition) is 3. The topological polar surface area (TPSA) is 65.8 Å². The number of rotatable bonds is 4. The summed E-state index contributed by atoms with van der Waals surface area (Å²) in [6.45, 7) is 8.92. The molecule has 6 heteroatoms. The van der Waals surface area contributed by atoms with Crippen LogP contribution in [-0.2, 0) is 5.41 Å². The van der Waals surface area contributed by atoms with Crippen molar-refractivity contribution in [3.05, 3.63) is 59.5 Å². The molecule has 1 fully saturated rings. The second-order valence-electron chi connectivity index (χ2n) is 7.67. The fourth-order valence-electron chi connectivity index (χ4n) is 3.18. The molecule has 1 aromatic heterocycles. The molecule has 2 heterocycles. The van der Waals surface area contributed by atoms with E-state index in [0.29, 0.717) is 38.5 Å². The van der Waals surface area contributed by atoms with Gasteiger partial charge in [0.15, 0.2) is 5.76 Å². The first-order chi connectivity index (χ1) is 12.9. The lowest BCUT2D eigenvalue weighted by atomic mass is 9.84. The van der Waals surface area contributed by atoms with Gasteiger partial charge in [-0.1, -0.05) is 43.7 Å². The maximum absolute atomic E-state index is 12.5. The molecular formula is C21H27N3O3. The first-order valence-corrected chi connectivity index (χ1v) is 9.29. The number of piperazine rings is 1. The monoisotopic (exact) mass is 369 g/mol. The van der Waals surface area contributed by atoms with E-state index in [1.807, 2.05) is 0 Å². The van der Waals surface area contributed by atoms with E-state index in [0.717, 1.165) is 0 Å². The Bertz CT molecular complexity index is 774. The number of benzene rings is 1. The van der Waals surface area contributed by atoms with Crippen LogP contribution in [0.25, 0.3) is 0 Å². The van der Waals surface area contributed by atoms with Gasteiger partial charge in [0, 0.05) is 38.1 Å². The summed E-state index contributed by atoms with van der Waals surface area (Å²) < 4.78 is 5.16. The Labute approximate surface area is 160 Å². The van der Waals surface area contributed by atoms with Crippen LogP contribution >= 0.6 is 0 Å². The van der Waals surface area contributed by atoms with Gasteiger partial charge in [0.2, 0.25) is 0 Å². The Kier molecular flexibility index (Phi) is 5.54. The molecule has 0 spiro atoms. The van der Waals surface area contributed by atoms with Crippen molar-refractivity contribution in [3.63, 3.8) is 0 Å². The number of hydrogen-bond donors (Lipinski definition) is 1. The van der Waals surface area contributed by atoms with Gasteiger partial charge in [0.1, 0.15) is 0 Å². The molecule has 1 saturated heterocycles. The molecule has 1 N–H and O–H groups in total. The highest BCUT2D eigenvalue weighted by atomic mass is 16.3. The normalized spacial score (nSPS) is 14.9. The van der Waals surface area contributed by atoms with Gasteiger partial charge in [-0.3, -0.25) is 4.79 Å². The van der Waals surface area contributed by atoms with Crippen LogP contribution in [-0.4, -0.2) is 54.5 Å². The van der Waals surface area contributed by atoms with E-state index >= 15 is 0 Å². The third-order valence-corrected chi connectivity index (χ3v) is 5.10. The predicted octanol–water partition coefficient (Wildman–Crippen LogP) is 3.03. The Morgan fingerprint density at radius 3 is 2.26 bits per heavy atom. The van der Waals surface area contributed by atoms with Crippen LogP contribution in [0, 0.1) is 6.92 Å². The van der Waals surface area contributed by atoms with Gasteiger partial charge < -0.3 is 19.5 Å². The lowest BCUT2D eigenvalue weighted by molar-refractivity contribution is 0.0633. The SMILES string of the molecule is Cc1ccc(C(C)(C)CNC(=O)N2CCN(C(=O)c3ccco3)CC2)cc1. The van der Waals surface area contributed by atoms with Gasteiger partial charge in [-0.15, -0.1) is 0 Å². The van der Waals surface area contributed by atoms with Gasteiger partial charge in [0.25, 0.3) is 5.91 Å². The van der Waals surface area contributed by atoms with Crippen LogP contribution in [0.15, 0.2) is 47.1 Å². The maximum Gasteiger partial charge on any atom is 0.317 e. The molecule has 0 bridgehead atoms. The number of carbonyl (C=O) groups is 2. The zero-order chi connectivity index (χ0) is 19.4. The smallest absolute Gasteiger partial charge is 0.317 e. The second-order valence-corrected chi connectivity index (χ2v) is 7.67. The lowest BCUT2D eigenvalue weighted by Gasteiger charge is -2.35. The molecule has 0 aliphatic carbocycles. The zero-order valence-electron chi connectivity index (χ0n) is 16.2. The summed E-state index contributed by atoms with van der Waals surface area (Å²) in [5.41, 5.74) is 2.27. The summed E-state index contributed by atoms with van der Waals surface area (Å²) in [6.07, 6.45) is 1.49. The standard InChI is InChI=1S/C21H27N3O3/c1-16-6-8-17(9-7-16)21(2,3)15-22-20(26)24-12-10-23(11-13-24)19(25)18-5-4-14-27-18/h4-9,14H,10-13,15H2,1-3H3,(H,22,26). The minimum atomic E-state index is -0.152.